The predicted octanol–water partition coefficient (Wildman–Crippen LogP) is 0.911. The third-order valence-corrected chi connectivity index (χ3v) is 5.80. The summed E-state index contributed by atoms with van der Waals surface area (Å²) in [6, 6.07) is 6.13. The number of rotatable bonds is 5. The second-order valence-electron chi connectivity index (χ2n) is 8.01. The number of aromatic nitrogens is 3. The van der Waals surface area contributed by atoms with Gasteiger partial charge in [0.2, 0.25) is 5.95 Å². The Balaban J connectivity index is 1.33. The van der Waals surface area contributed by atoms with Gasteiger partial charge in [-0.3, -0.25) is 0 Å². The number of nitrogens with one attached hydrogen (secondary N) is 1. The van der Waals surface area contributed by atoms with Crippen molar-refractivity contribution < 1.29 is 0 Å². The highest BCUT2D eigenvalue weighted by Gasteiger charge is 2.21. The smallest absolute Gasteiger partial charge is 0.225 e. The van der Waals surface area contributed by atoms with Crippen LogP contribution in [0.3, 0.4) is 0 Å². The summed E-state index contributed by atoms with van der Waals surface area (Å²) in [5, 5.41) is 3.44. The molecule has 2 aromatic rings. The van der Waals surface area contributed by atoms with Crippen molar-refractivity contribution in [3.8, 4) is 0 Å². The molecule has 9 nitrogen and oxygen atoms in total. The number of aliphatic imine (C=N–C) groups is 1. The first-order valence-corrected chi connectivity index (χ1v) is 11.2. The number of guanidine groups is 1. The summed E-state index contributed by atoms with van der Waals surface area (Å²) in [5.41, 5.74) is 1.13. The molecule has 2 saturated heterocycles. The lowest BCUT2D eigenvalue weighted by molar-refractivity contribution is 0.312. The molecule has 2 fully saturated rings. The van der Waals surface area contributed by atoms with Crippen LogP contribution in [0.2, 0.25) is 0 Å². The molecule has 0 radical (unpaired) electrons. The van der Waals surface area contributed by atoms with E-state index < -0.39 is 0 Å². The van der Waals surface area contributed by atoms with Crippen molar-refractivity contribution in [3.05, 3.63) is 42.4 Å². The topological polar surface area (TPSA) is 76.0 Å². The Kier molecular flexibility index (Phi) is 7.14. The maximum absolute atomic E-state index is 4.88. The molecule has 0 amide bonds. The van der Waals surface area contributed by atoms with Crippen LogP contribution in [-0.4, -0.2) is 96.7 Å². The SMILES string of the molecule is CCNC(=NCc1ccc(N2CCN(C)CC2)nc1)N1CCN(c2ncccn2)CC1. The molecule has 0 saturated carbocycles. The molecular weight excluding hydrogens is 390 g/mol. The van der Waals surface area contributed by atoms with Gasteiger partial charge in [-0.15, -0.1) is 0 Å². The number of hydrogen-bond acceptors (Lipinski definition) is 7. The van der Waals surface area contributed by atoms with Crippen LogP contribution in [0.4, 0.5) is 11.8 Å². The van der Waals surface area contributed by atoms with Crippen LogP contribution in [0.15, 0.2) is 41.8 Å². The average molecular weight is 424 g/mol. The van der Waals surface area contributed by atoms with Gasteiger partial charge in [0, 0.05) is 77.5 Å². The Morgan fingerprint density at radius 2 is 1.65 bits per heavy atom. The van der Waals surface area contributed by atoms with Crippen molar-refractivity contribution in [1.29, 1.82) is 0 Å². The quantitative estimate of drug-likeness (QED) is 0.562. The van der Waals surface area contributed by atoms with Crippen molar-refractivity contribution in [2.75, 3.05) is 75.8 Å². The Labute approximate surface area is 184 Å². The summed E-state index contributed by atoms with van der Waals surface area (Å²) in [6.07, 6.45) is 5.55. The highest BCUT2D eigenvalue weighted by atomic mass is 15.4. The summed E-state index contributed by atoms with van der Waals surface area (Å²) in [4.78, 5) is 27.6. The first kappa shape index (κ1) is 21.3. The maximum atomic E-state index is 4.88. The van der Waals surface area contributed by atoms with E-state index in [1.807, 2.05) is 12.3 Å². The Bertz CT molecular complexity index is 824. The Morgan fingerprint density at radius 3 is 2.29 bits per heavy atom. The van der Waals surface area contributed by atoms with Crippen LogP contribution in [-0.2, 0) is 6.54 Å². The van der Waals surface area contributed by atoms with Gasteiger partial charge in [0.25, 0.3) is 0 Å². The van der Waals surface area contributed by atoms with Crippen molar-refractivity contribution in [2.45, 2.75) is 13.5 Å². The molecule has 0 aliphatic carbocycles. The largest absolute Gasteiger partial charge is 0.357 e. The zero-order chi connectivity index (χ0) is 21.5. The van der Waals surface area contributed by atoms with E-state index in [1.165, 1.54) is 0 Å². The fourth-order valence-electron chi connectivity index (χ4n) is 3.90. The number of piperazine rings is 2. The summed E-state index contributed by atoms with van der Waals surface area (Å²) < 4.78 is 0. The minimum atomic E-state index is 0.625. The van der Waals surface area contributed by atoms with Crippen LogP contribution in [0.1, 0.15) is 12.5 Å². The minimum absolute atomic E-state index is 0.625. The molecule has 0 bridgehead atoms. The molecule has 4 rings (SSSR count). The van der Waals surface area contributed by atoms with Crippen molar-refractivity contribution in [3.63, 3.8) is 0 Å². The molecule has 0 spiro atoms. The zero-order valence-electron chi connectivity index (χ0n) is 18.6. The fourth-order valence-corrected chi connectivity index (χ4v) is 3.90. The van der Waals surface area contributed by atoms with Crippen molar-refractivity contribution in [1.82, 2.24) is 30.1 Å². The van der Waals surface area contributed by atoms with Gasteiger partial charge in [-0.2, -0.15) is 0 Å². The van der Waals surface area contributed by atoms with Crippen molar-refractivity contribution >= 4 is 17.7 Å². The Hall–Kier alpha value is -2.94. The van der Waals surface area contributed by atoms with E-state index in [0.29, 0.717) is 6.54 Å². The van der Waals surface area contributed by atoms with Crippen molar-refractivity contribution in [2.24, 2.45) is 4.99 Å². The summed E-state index contributed by atoms with van der Waals surface area (Å²) in [6.45, 7) is 11.4. The number of likely N-dealkylation sites (N-methyl/N-ethyl adjacent to an activating group) is 1. The molecule has 0 aromatic carbocycles. The molecule has 2 aromatic heterocycles. The molecule has 4 heterocycles. The second kappa shape index (κ2) is 10.4. The third-order valence-electron chi connectivity index (χ3n) is 5.80. The van der Waals surface area contributed by atoms with Crippen LogP contribution in [0.25, 0.3) is 0 Å². The standard InChI is InChI=1S/C22H33N9/c1-3-23-21(30-13-15-31(16-14-30)22-24-7-4-8-25-22)27-18-19-5-6-20(26-17-19)29-11-9-28(2)10-12-29/h4-8,17H,3,9-16,18H2,1-2H3,(H,23,27). The van der Waals surface area contributed by atoms with E-state index in [1.54, 1.807) is 12.4 Å². The Morgan fingerprint density at radius 1 is 0.935 bits per heavy atom. The molecule has 31 heavy (non-hydrogen) atoms. The first-order chi connectivity index (χ1) is 15.2. The number of hydrogen-bond donors (Lipinski definition) is 1. The maximum Gasteiger partial charge on any atom is 0.225 e. The minimum Gasteiger partial charge on any atom is -0.357 e. The van der Waals surface area contributed by atoms with Crippen LogP contribution >= 0.6 is 0 Å². The molecule has 0 unspecified atom stereocenters. The number of nitrogens with zero attached hydrogens (tertiary/aromatic N) is 8. The molecular formula is C22H33N9. The third kappa shape index (κ3) is 5.61. The van der Waals surface area contributed by atoms with E-state index in [4.69, 9.17) is 9.98 Å². The van der Waals surface area contributed by atoms with Gasteiger partial charge in [0.05, 0.1) is 6.54 Å². The van der Waals surface area contributed by atoms with E-state index in [0.717, 1.165) is 82.2 Å². The molecule has 2 aliphatic rings. The van der Waals surface area contributed by atoms with E-state index >= 15 is 0 Å². The van der Waals surface area contributed by atoms with Gasteiger partial charge in [0.1, 0.15) is 5.82 Å². The second-order valence-corrected chi connectivity index (χ2v) is 8.01. The van der Waals surface area contributed by atoms with Crippen LogP contribution in [0, 0.1) is 0 Å². The highest BCUT2D eigenvalue weighted by Crippen LogP contribution is 2.14. The zero-order valence-corrected chi connectivity index (χ0v) is 18.6. The highest BCUT2D eigenvalue weighted by molar-refractivity contribution is 5.80. The van der Waals surface area contributed by atoms with Gasteiger partial charge in [0.15, 0.2) is 5.96 Å². The normalized spacial score (nSPS) is 18.4. The van der Waals surface area contributed by atoms with Gasteiger partial charge in [-0.1, -0.05) is 6.07 Å². The lowest BCUT2D eigenvalue weighted by Crippen LogP contribution is -2.52. The number of pyridine rings is 1. The molecule has 2 aliphatic heterocycles. The molecule has 0 atom stereocenters. The van der Waals surface area contributed by atoms with Crippen LogP contribution in [0.5, 0.6) is 0 Å². The molecule has 1 N–H and O–H groups in total. The van der Waals surface area contributed by atoms with E-state index in [9.17, 15) is 0 Å². The van der Waals surface area contributed by atoms with E-state index in [2.05, 4.69) is 61.0 Å². The molecule has 9 heteroatoms. The lowest BCUT2D eigenvalue weighted by atomic mass is 10.2. The predicted molar refractivity (Wildman–Crippen MR) is 125 cm³/mol. The monoisotopic (exact) mass is 423 g/mol. The fraction of sp³-hybridized carbons (Fsp3) is 0.545. The van der Waals surface area contributed by atoms with Gasteiger partial charge >= 0.3 is 0 Å². The lowest BCUT2D eigenvalue weighted by Gasteiger charge is -2.36. The van der Waals surface area contributed by atoms with E-state index in [-0.39, 0.29) is 0 Å². The summed E-state index contributed by atoms with van der Waals surface area (Å²) >= 11 is 0. The average Bonchev–Trinajstić information content (AvgIpc) is 2.83. The van der Waals surface area contributed by atoms with Gasteiger partial charge in [-0.25, -0.2) is 19.9 Å². The number of anilines is 2. The van der Waals surface area contributed by atoms with Gasteiger partial charge in [-0.05, 0) is 31.7 Å². The first-order valence-electron chi connectivity index (χ1n) is 11.2. The molecule has 166 valence electrons. The van der Waals surface area contributed by atoms with Gasteiger partial charge < -0.3 is 24.9 Å². The van der Waals surface area contributed by atoms with Crippen LogP contribution < -0.4 is 15.1 Å². The summed E-state index contributed by atoms with van der Waals surface area (Å²) in [5.74, 6) is 2.82. The summed E-state index contributed by atoms with van der Waals surface area (Å²) in [7, 11) is 2.17.